The molecule has 2 aromatic rings. The smallest absolute Gasteiger partial charge is 0.410 e. The Balaban J connectivity index is 1.47. The van der Waals surface area contributed by atoms with E-state index < -0.39 is 11.9 Å². The summed E-state index contributed by atoms with van der Waals surface area (Å²) in [7, 11) is 0. The highest BCUT2D eigenvalue weighted by molar-refractivity contribution is 5.69. The standard InChI is InChI=1S/C21H23FN4O5/c1-11(2)29-21(27)26-8-14-9-28-10-17(26)18(14)30-12(3)20-24-19(25-31-20)15-5-4-13(7-23)6-16(15)22/h4-6,11-12,14,17-18H,8-10H2,1-3H3/t12-,14?,17?,18+/m1/s1. The van der Waals surface area contributed by atoms with Gasteiger partial charge >= 0.3 is 6.09 Å². The number of fused-ring (bicyclic) bond motifs is 2. The second-order valence-corrected chi connectivity index (χ2v) is 7.96. The van der Waals surface area contributed by atoms with E-state index in [-0.39, 0.29) is 53.1 Å². The van der Waals surface area contributed by atoms with Gasteiger partial charge in [0.2, 0.25) is 5.82 Å². The molecule has 0 aliphatic carbocycles. The van der Waals surface area contributed by atoms with Crippen molar-refractivity contribution in [2.75, 3.05) is 19.8 Å². The van der Waals surface area contributed by atoms with Crippen LogP contribution < -0.4 is 0 Å². The number of hydrogen-bond acceptors (Lipinski definition) is 8. The molecule has 2 aliphatic heterocycles. The first-order chi connectivity index (χ1) is 14.9. The largest absolute Gasteiger partial charge is 0.447 e. The summed E-state index contributed by atoms with van der Waals surface area (Å²) in [6.07, 6.45) is -1.44. The minimum Gasteiger partial charge on any atom is -0.447 e. The maximum atomic E-state index is 14.3. The molecule has 164 valence electrons. The van der Waals surface area contributed by atoms with Gasteiger partial charge in [-0.05, 0) is 39.0 Å². The Morgan fingerprint density at radius 1 is 1.35 bits per heavy atom. The molecule has 10 heteroatoms. The fourth-order valence-electron chi connectivity index (χ4n) is 3.91. The molecule has 1 amide bonds. The molecule has 4 rings (SSSR count). The number of halogens is 1. The Morgan fingerprint density at radius 2 is 2.16 bits per heavy atom. The molecule has 0 radical (unpaired) electrons. The minimum atomic E-state index is -0.609. The van der Waals surface area contributed by atoms with Crippen molar-refractivity contribution >= 4 is 6.09 Å². The van der Waals surface area contributed by atoms with E-state index in [1.54, 1.807) is 25.7 Å². The minimum absolute atomic E-state index is 0.000672. The van der Waals surface area contributed by atoms with Gasteiger partial charge in [-0.3, -0.25) is 4.90 Å². The van der Waals surface area contributed by atoms with E-state index in [9.17, 15) is 9.18 Å². The summed E-state index contributed by atoms with van der Waals surface area (Å²) in [5, 5.41) is 12.7. The van der Waals surface area contributed by atoms with Gasteiger partial charge in [-0.2, -0.15) is 10.2 Å². The fourth-order valence-corrected chi connectivity index (χ4v) is 3.91. The fraction of sp³-hybridized carbons (Fsp3) is 0.524. The molecule has 2 fully saturated rings. The SMILES string of the molecule is CC(C)OC(=O)N1CC2COCC1[C@H]2O[C@H](C)c1nc(-c2ccc(C#N)cc2F)no1. The summed E-state index contributed by atoms with van der Waals surface area (Å²) in [6.45, 7) is 6.68. The molecule has 1 aromatic heterocycles. The zero-order chi connectivity index (χ0) is 22.1. The summed E-state index contributed by atoms with van der Waals surface area (Å²) in [6, 6.07) is 5.65. The number of nitriles is 1. The number of aromatic nitrogens is 2. The number of likely N-dealkylation sites (tertiary alicyclic amines) is 1. The van der Waals surface area contributed by atoms with Crippen LogP contribution >= 0.6 is 0 Å². The van der Waals surface area contributed by atoms with Crippen LogP contribution in [0.1, 0.15) is 38.3 Å². The topological polar surface area (TPSA) is 111 Å². The van der Waals surface area contributed by atoms with Gasteiger partial charge in [0.05, 0.1) is 48.7 Å². The van der Waals surface area contributed by atoms with E-state index >= 15 is 0 Å². The first-order valence-electron chi connectivity index (χ1n) is 10.1. The number of hydrogen-bond donors (Lipinski definition) is 0. The van der Waals surface area contributed by atoms with E-state index in [4.69, 9.17) is 24.0 Å². The van der Waals surface area contributed by atoms with E-state index in [0.29, 0.717) is 19.8 Å². The molecular weight excluding hydrogens is 407 g/mol. The number of carbonyl (C=O) groups excluding carboxylic acids is 1. The number of rotatable bonds is 5. The lowest BCUT2D eigenvalue weighted by Crippen LogP contribution is -2.46. The van der Waals surface area contributed by atoms with Crippen LogP contribution in [0, 0.1) is 23.1 Å². The van der Waals surface area contributed by atoms with Crippen molar-refractivity contribution < 1.29 is 27.9 Å². The van der Waals surface area contributed by atoms with Crippen molar-refractivity contribution in [3.05, 3.63) is 35.5 Å². The Kier molecular flexibility index (Phi) is 5.89. The van der Waals surface area contributed by atoms with Crippen molar-refractivity contribution in [3.63, 3.8) is 0 Å². The lowest BCUT2D eigenvalue weighted by molar-refractivity contribution is -0.105. The lowest BCUT2D eigenvalue weighted by atomic mass is 10.0. The average Bonchev–Trinajstić information content (AvgIpc) is 3.27. The summed E-state index contributed by atoms with van der Waals surface area (Å²) in [5.74, 6) is -0.341. The molecule has 0 spiro atoms. The van der Waals surface area contributed by atoms with E-state index in [0.717, 1.165) is 6.07 Å². The van der Waals surface area contributed by atoms with Gasteiger partial charge in [-0.1, -0.05) is 5.16 Å². The Bertz CT molecular complexity index is 1000. The lowest BCUT2D eigenvalue weighted by Gasteiger charge is -2.32. The summed E-state index contributed by atoms with van der Waals surface area (Å²) in [5.41, 5.74) is 0.340. The average molecular weight is 430 g/mol. The summed E-state index contributed by atoms with van der Waals surface area (Å²) >= 11 is 0. The quantitative estimate of drug-likeness (QED) is 0.712. The van der Waals surface area contributed by atoms with Gasteiger partial charge < -0.3 is 18.7 Å². The molecule has 3 heterocycles. The van der Waals surface area contributed by atoms with Crippen molar-refractivity contribution in [1.82, 2.24) is 15.0 Å². The van der Waals surface area contributed by atoms with Crippen LogP contribution in [0.4, 0.5) is 9.18 Å². The van der Waals surface area contributed by atoms with Gasteiger partial charge in [0.1, 0.15) is 11.9 Å². The summed E-state index contributed by atoms with van der Waals surface area (Å²) < 4.78 is 36.7. The van der Waals surface area contributed by atoms with Crippen molar-refractivity contribution in [2.24, 2.45) is 5.92 Å². The van der Waals surface area contributed by atoms with Crippen LogP contribution in [0.3, 0.4) is 0 Å². The van der Waals surface area contributed by atoms with Crippen LogP contribution in [0.5, 0.6) is 0 Å². The van der Waals surface area contributed by atoms with Crippen LogP contribution in [-0.2, 0) is 14.2 Å². The number of amides is 1. The number of nitrogens with zero attached hydrogens (tertiary/aromatic N) is 4. The molecule has 2 aliphatic rings. The molecule has 2 saturated heterocycles. The van der Waals surface area contributed by atoms with E-state index in [1.807, 2.05) is 6.07 Å². The predicted molar refractivity (Wildman–Crippen MR) is 104 cm³/mol. The van der Waals surface area contributed by atoms with Gasteiger partial charge in [-0.15, -0.1) is 0 Å². The third-order valence-electron chi connectivity index (χ3n) is 5.36. The van der Waals surface area contributed by atoms with E-state index in [2.05, 4.69) is 10.1 Å². The molecule has 0 saturated carbocycles. The Morgan fingerprint density at radius 3 is 2.87 bits per heavy atom. The number of carbonyl (C=O) groups is 1. The highest BCUT2D eigenvalue weighted by atomic mass is 19.1. The van der Waals surface area contributed by atoms with Crippen LogP contribution in [0.2, 0.25) is 0 Å². The van der Waals surface area contributed by atoms with Crippen LogP contribution in [0.15, 0.2) is 22.7 Å². The molecular formula is C21H23FN4O5. The molecule has 0 N–H and O–H groups in total. The molecule has 2 bridgehead atoms. The van der Waals surface area contributed by atoms with Gasteiger partial charge in [0.15, 0.2) is 0 Å². The zero-order valence-corrected chi connectivity index (χ0v) is 17.4. The second kappa shape index (κ2) is 8.61. The first kappa shape index (κ1) is 21.2. The van der Waals surface area contributed by atoms with Gasteiger partial charge in [-0.25, -0.2) is 9.18 Å². The highest BCUT2D eigenvalue weighted by Gasteiger charge is 2.49. The molecule has 31 heavy (non-hydrogen) atoms. The van der Waals surface area contributed by atoms with Crippen molar-refractivity contribution in [3.8, 4) is 17.5 Å². The number of benzene rings is 1. The van der Waals surface area contributed by atoms with Gasteiger partial charge in [0.25, 0.3) is 5.89 Å². The Hall–Kier alpha value is -3.03. The van der Waals surface area contributed by atoms with Crippen LogP contribution in [0.25, 0.3) is 11.4 Å². The normalized spacial score (nSPS) is 23.6. The predicted octanol–water partition coefficient (Wildman–Crippen LogP) is 3.07. The summed E-state index contributed by atoms with van der Waals surface area (Å²) in [4.78, 5) is 18.4. The van der Waals surface area contributed by atoms with Crippen LogP contribution in [-0.4, -0.2) is 59.1 Å². The zero-order valence-electron chi connectivity index (χ0n) is 17.4. The maximum Gasteiger partial charge on any atom is 0.410 e. The monoisotopic (exact) mass is 430 g/mol. The molecule has 2 unspecified atom stereocenters. The molecule has 4 atom stereocenters. The maximum absolute atomic E-state index is 14.3. The number of ether oxygens (including phenoxy) is 3. The second-order valence-electron chi connectivity index (χ2n) is 7.96. The van der Waals surface area contributed by atoms with E-state index in [1.165, 1.54) is 12.1 Å². The van der Waals surface area contributed by atoms with Crippen molar-refractivity contribution in [2.45, 2.75) is 45.1 Å². The first-order valence-corrected chi connectivity index (χ1v) is 10.1. The third kappa shape index (κ3) is 4.24. The third-order valence-corrected chi connectivity index (χ3v) is 5.36. The molecule has 1 aromatic carbocycles. The highest BCUT2D eigenvalue weighted by Crippen LogP contribution is 2.35. The Labute approximate surface area is 178 Å². The van der Waals surface area contributed by atoms with Gasteiger partial charge in [0, 0.05) is 12.5 Å². The molecule has 9 nitrogen and oxygen atoms in total. The van der Waals surface area contributed by atoms with Crippen molar-refractivity contribution in [1.29, 1.82) is 5.26 Å².